The largest absolute Gasteiger partial charge is 0.460 e. The monoisotopic (exact) mass is 316 g/mol. The highest BCUT2D eigenvalue weighted by Gasteiger charge is 2.84. The molecule has 0 aliphatic carbocycles. The first-order valence-corrected chi connectivity index (χ1v) is 5.96. The van der Waals surface area contributed by atoms with Crippen LogP contribution in [0, 0.1) is 0 Å². The molecule has 0 atom stereocenters. The molecule has 0 aromatic carbocycles. The van der Waals surface area contributed by atoms with E-state index in [2.05, 4.69) is 11.8 Å². The van der Waals surface area contributed by atoms with Gasteiger partial charge in [0.05, 0.1) is 0 Å². The van der Waals surface area contributed by atoms with Crippen molar-refractivity contribution in [3.63, 3.8) is 0 Å². The molecule has 0 bridgehead atoms. The van der Waals surface area contributed by atoms with Gasteiger partial charge in [-0.2, -0.15) is 39.5 Å². The summed E-state index contributed by atoms with van der Waals surface area (Å²) in [4.78, 5) is 16.1. The lowest BCUT2D eigenvalue weighted by atomic mass is 10.1. The summed E-state index contributed by atoms with van der Waals surface area (Å²) in [7, 11) is 0. The first kappa shape index (κ1) is 16.9. The van der Waals surface area contributed by atoms with Gasteiger partial charge in [0.1, 0.15) is 0 Å². The van der Waals surface area contributed by atoms with Crippen LogP contribution in [0.3, 0.4) is 0 Å². The number of hydrogen-bond donors (Lipinski definition) is 2. The molecule has 0 unspecified atom stereocenters. The predicted octanol–water partition coefficient (Wildman–Crippen LogP) is 2.71. The van der Waals surface area contributed by atoms with Gasteiger partial charge in [-0.3, -0.25) is 0 Å². The third-order valence-electron chi connectivity index (χ3n) is 1.49. The van der Waals surface area contributed by atoms with Crippen molar-refractivity contribution in [2.24, 2.45) is 0 Å². The van der Waals surface area contributed by atoms with Gasteiger partial charge >= 0.3 is 23.7 Å². The molecule has 13 heteroatoms. The van der Waals surface area contributed by atoms with Crippen molar-refractivity contribution in [2.75, 3.05) is 0 Å². The van der Waals surface area contributed by atoms with E-state index in [1.54, 1.807) is 0 Å². The zero-order chi connectivity index (χ0) is 14.5. The molecule has 0 heterocycles. The molecule has 0 radical (unpaired) electrons. The van der Waals surface area contributed by atoms with Crippen LogP contribution in [0.5, 0.6) is 0 Å². The van der Waals surface area contributed by atoms with Crippen molar-refractivity contribution >= 4 is 18.3 Å². The van der Waals surface area contributed by atoms with Crippen molar-refractivity contribution in [3.05, 3.63) is 0 Å². The topological polar surface area (TPSA) is 40.5 Å². The zero-order valence-corrected chi connectivity index (χ0v) is 8.86. The third kappa shape index (κ3) is 2.40. The highest BCUT2D eigenvalue weighted by Crippen LogP contribution is 2.65. The summed E-state index contributed by atoms with van der Waals surface area (Å²) in [6.07, 6.45) is -7.01. The maximum Gasteiger partial charge on any atom is 0.460 e. The van der Waals surface area contributed by atoms with Crippen LogP contribution in [-0.2, 0) is 11.8 Å². The van der Waals surface area contributed by atoms with E-state index in [0.717, 1.165) is 0 Å². The maximum atomic E-state index is 12.4. The average Bonchev–Trinajstić information content (AvgIpc) is 1.98. The smallest absolute Gasteiger partial charge is 0.341 e. The number of hydrogen-bond acceptors (Lipinski definition) is 1. The Kier molecular flexibility index (Phi) is 3.96. The molecule has 0 aliphatic rings. The van der Waals surface area contributed by atoms with Crippen molar-refractivity contribution in [3.8, 4) is 0 Å². The molecule has 0 fully saturated rings. The van der Waals surface area contributed by atoms with Gasteiger partial charge in [-0.05, 0) is 11.8 Å². The molecule has 2 nitrogen and oxygen atoms in total. The molecule has 0 saturated carbocycles. The summed E-state index contributed by atoms with van der Waals surface area (Å²) in [6.45, 7) is -6.39. The van der Waals surface area contributed by atoms with Crippen molar-refractivity contribution in [1.82, 2.24) is 0 Å². The summed E-state index contributed by atoms with van der Waals surface area (Å²) in [5.41, 5.74) is -6.49. The highest BCUT2D eigenvalue weighted by molar-refractivity contribution is 8.09. The van der Waals surface area contributed by atoms with E-state index in [4.69, 9.17) is 9.79 Å². The molecular weight excluding hydrogens is 314 g/mol. The minimum absolute atomic E-state index is 3.05. The summed E-state index contributed by atoms with van der Waals surface area (Å²) in [5, 5.41) is 0. The summed E-state index contributed by atoms with van der Waals surface area (Å²) in [5.74, 6) is -14.3. The van der Waals surface area contributed by atoms with Gasteiger partial charge in [0, 0.05) is 0 Å². The van der Waals surface area contributed by atoms with Crippen LogP contribution in [0.25, 0.3) is 0 Å². The van der Waals surface area contributed by atoms with E-state index in [9.17, 15) is 39.5 Å². The fraction of sp³-hybridized carbons (Fsp3) is 1.00. The minimum Gasteiger partial charge on any atom is -0.341 e. The molecule has 0 aromatic heterocycles. The van der Waals surface area contributed by atoms with E-state index in [1.807, 2.05) is 0 Å². The van der Waals surface area contributed by atoms with Gasteiger partial charge in [-0.1, -0.05) is 0 Å². The SMILES string of the molecule is OP(O)(=S)C(F)(F)C(F)(F)C(F)(F)C(F)(F)F. The Morgan fingerprint density at radius 1 is 0.706 bits per heavy atom. The Bertz CT molecular complexity index is 343. The van der Waals surface area contributed by atoms with Crippen molar-refractivity contribution < 1.29 is 49.3 Å². The second-order valence-electron chi connectivity index (χ2n) is 2.73. The second kappa shape index (κ2) is 3.97. The molecule has 0 spiro atoms. The van der Waals surface area contributed by atoms with Crippen LogP contribution >= 0.6 is 6.49 Å². The van der Waals surface area contributed by atoms with Crippen LogP contribution in [0.4, 0.5) is 39.5 Å². The molecule has 0 rings (SSSR count). The van der Waals surface area contributed by atoms with Gasteiger partial charge in [-0.15, -0.1) is 0 Å². The molecule has 2 N–H and O–H groups in total. The van der Waals surface area contributed by atoms with Crippen molar-refractivity contribution in [1.29, 1.82) is 0 Å². The lowest BCUT2D eigenvalue weighted by molar-refractivity contribution is -0.383. The van der Waals surface area contributed by atoms with E-state index in [-0.39, 0.29) is 0 Å². The van der Waals surface area contributed by atoms with Gasteiger partial charge in [-0.25, -0.2) is 0 Å². The molecular formula is C4H2F9O2PS. The molecule has 17 heavy (non-hydrogen) atoms. The van der Waals surface area contributed by atoms with Gasteiger partial charge in [0.25, 0.3) is 6.49 Å². The van der Waals surface area contributed by atoms with Crippen molar-refractivity contribution in [2.45, 2.75) is 23.7 Å². The number of rotatable bonds is 3. The lowest BCUT2D eigenvalue weighted by Gasteiger charge is -2.34. The first-order chi connectivity index (χ1) is 7.00. The van der Waals surface area contributed by atoms with Crippen LogP contribution in [-0.4, -0.2) is 33.5 Å². The lowest BCUT2D eigenvalue weighted by Crippen LogP contribution is -2.60. The number of halogens is 9. The quantitative estimate of drug-likeness (QED) is 0.621. The van der Waals surface area contributed by atoms with E-state index in [1.165, 1.54) is 0 Å². The van der Waals surface area contributed by atoms with Crippen LogP contribution < -0.4 is 0 Å². The fourth-order valence-corrected chi connectivity index (χ4v) is 1.40. The minimum atomic E-state index is -7.17. The zero-order valence-electron chi connectivity index (χ0n) is 7.15. The molecule has 0 saturated heterocycles. The molecule has 0 aliphatic heterocycles. The Labute approximate surface area is 92.2 Å². The maximum absolute atomic E-state index is 12.4. The summed E-state index contributed by atoms with van der Waals surface area (Å²) >= 11 is 3.05. The summed E-state index contributed by atoms with van der Waals surface area (Å²) in [6, 6.07) is 0. The van der Waals surface area contributed by atoms with E-state index >= 15 is 0 Å². The van der Waals surface area contributed by atoms with Crippen LogP contribution in [0.15, 0.2) is 0 Å². The highest BCUT2D eigenvalue weighted by atomic mass is 32.5. The Morgan fingerprint density at radius 3 is 1.18 bits per heavy atom. The normalized spacial score (nSPS) is 16.2. The van der Waals surface area contributed by atoms with Gasteiger partial charge < -0.3 is 9.79 Å². The Balaban J connectivity index is 5.82. The van der Waals surface area contributed by atoms with Gasteiger partial charge in [0.15, 0.2) is 0 Å². The standard InChI is InChI=1S/C4H2F9O2PS/c5-1(6,3(9,10)11)2(7,8)4(12,13)16(14,15)17/h(H2,14,15,17). The predicted molar refractivity (Wildman–Crippen MR) is 39.6 cm³/mol. The second-order valence-corrected chi connectivity index (χ2v) is 5.91. The molecule has 0 amide bonds. The van der Waals surface area contributed by atoms with E-state index in [0.29, 0.717) is 0 Å². The average molecular weight is 316 g/mol. The Hall–Kier alpha value is -0.0600. The van der Waals surface area contributed by atoms with E-state index < -0.39 is 30.2 Å². The summed E-state index contributed by atoms with van der Waals surface area (Å²) < 4.78 is 108. The number of alkyl halides is 9. The van der Waals surface area contributed by atoms with Crippen LogP contribution in [0.1, 0.15) is 0 Å². The fourth-order valence-electron chi connectivity index (χ4n) is 0.550. The first-order valence-electron chi connectivity index (χ1n) is 3.26. The van der Waals surface area contributed by atoms with Gasteiger partial charge in [0.2, 0.25) is 0 Å². The Morgan fingerprint density at radius 2 is 1.00 bits per heavy atom. The molecule has 0 aromatic rings. The molecule has 104 valence electrons. The third-order valence-corrected chi connectivity index (χ3v) is 3.19. The van der Waals surface area contributed by atoms with Crippen LogP contribution in [0.2, 0.25) is 0 Å².